The van der Waals surface area contributed by atoms with Crippen molar-refractivity contribution in [2.75, 3.05) is 0 Å². The van der Waals surface area contributed by atoms with Crippen molar-refractivity contribution >= 4 is 18.4 Å². The number of aromatic hydroxyl groups is 1. The van der Waals surface area contributed by atoms with Gasteiger partial charge in [0, 0.05) is 11.6 Å². The Labute approximate surface area is 110 Å². The van der Waals surface area contributed by atoms with E-state index in [-0.39, 0.29) is 23.9 Å². The molecular weight excluding hydrogens is 261 g/mol. The van der Waals surface area contributed by atoms with Gasteiger partial charge in [-0.15, -0.1) is 12.4 Å². The van der Waals surface area contributed by atoms with Crippen molar-refractivity contribution in [2.45, 2.75) is 25.3 Å². The van der Waals surface area contributed by atoms with Gasteiger partial charge >= 0.3 is 5.97 Å². The molecule has 0 unspecified atom stereocenters. The van der Waals surface area contributed by atoms with Crippen LogP contribution in [0, 0.1) is 11.7 Å². The van der Waals surface area contributed by atoms with Gasteiger partial charge in [-0.05, 0) is 30.9 Å². The molecule has 0 radical (unpaired) electrons. The van der Waals surface area contributed by atoms with Gasteiger partial charge in [-0.25, -0.2) is 9.18 Å². The number of halogens is 2. The number of benzene rings is 1. The van der Waals surface area contributed by atoms with Crippen molar-refractivity contribution in [3.05, 3.63) is 29.1 Å². The maximum Gasteiger partial charge on any atom is 0.339 e. The fourth-order valence-electron chi connectivity index (χ4n) is 2.09. The molecule has 0 heterocycles. The highest BCUT2D eigenvalue weighted by atomic mass is 35.5. The van der Waals surface area contributed by atoms with E-state index in [1.807, 2.05) is 0 Å². The van der Waals surface area contributed by atoms with Crippen LogP contribution < -0.4 is 5.73 Å². The summed E-state index contributed by atoms with van der Waals surface area (Å²) in [6, 6.07) is 1.41. The molecule has 0 spiro atoms. The number of phenols is 1. The summed E-state index contributed by atoms with van der Waals surface area (Å²) < 4.78 is 13.3. The second-order valence-corrected chi connectivity index (χ2v) is 4.41. The minimum Gasteiger partial charge on any atom is -0.507 e. The first-order chi connectivity index (χ1) is 8.00. The monoisotopic (exact) mass is 275 g/mol. The summed E-state index contributed by atoms with van der Waals surface area (Å²) >= 11 is 0. The zero-order chi connectivity index (χ0) is 12.6. The van der Waals surface area contributed by atoms with Crippen molar-refractivity contribution in [2.24, 2.45) is 11.7 Å². The molecule has 0 bridgehead atoms. The highest BCUT2D eigenvalue weighted by Crippen LogP contribution is 2.40. The minimum absolute atomic E-state index is 0. The Bertz CT molecular complexity index is 463. The third kappa shape index (κ3) is 2.57. The zero-order valence-corrected chi connectivity index (χ0v) is 10.4. The van der Waals surface area contributed by atoms with Gasteiger partial charge in [0.05, 0.1) is 0 Å². The quantitative estimate of drug-likeness (QED) is 0.791. The van der Waals surface area contributed by atoms with Gasteiger partial charge in [-0.2, -0.15) is 0 Å². The molecule has 1 aromatic rings. The largest absolute Gasteiger partial charge is 0.507 e. The lowest BCUT2D eigenvalue weighted by atomic mass is 9.77. The Hall–Kier alpha value is -1.33. The number of aromatic carboxylic acids is 1. The van der Waals surface area contributed by atoms with Gasteiger partial charge < -0.3 is 15.9 Å². The van der Waals surface area contributed by atoms with Crippen LogP contribution in [0.1, 0.15) is 41.2 Å². The van der Waals surface area contributed by atoms with Crippen molar-refractivity contribution in [3.8, 4) is 5.75 Å². The molecule has 1 fully saturated rings. The van der Waals surface area contributed by atoms with Gasteiger partial charge in [-0.1, -0.05) is 6.42 Å². The Morgan fingerprint density at radius 2 is 2.06 bits per heavy atom. The van der Waals surface area contributed by atoms with E-state index < -0.39 is 29.1 Å². The summed E-state index contributed by atoms with van der Waals surface area (Å²) in [7, 11) is 0. The molecule has 1 aliphatic rings. The summed E-state index contributed by atoms with van der Waals surface area (Å²) in [6.07, 6.45) is 2.93. The average molecular weight is 276 g/mol. The summed E-state index contributed by atoms with van der Waals surface area (Å²) in [5.74, 6) is -2.27. The predicted molar refractivity (Wildman–Crippen MR) is 66.5 cm³/mol. The Balaban J connectivity index is 0.00000162. The summed E-state index contributed by atoms with van der Waals surface area (Å²) in [6.45, 7) is 0. The predicted octanol–water partition coefficient (Wildman–Crippen LogP) is 2.45. The maximum absolute atomic E-state index is 13.3. The Morgan fingerprint density at radius 3 is 2.50 bits per heavy atom. The normalized spacial score (nSPS) is 16.6. The molecule has 0 aromatic heterocycles. The Morgan fingerprint density at radius 1 is 1.44 bits per heavy atom. The van der Waals surface area contributed by atoms with Crippen molar-refractivity contribution in [1.82, 2.24) is 0 Å². The number of carbonyl (C=O) groups is 1. The van der Waals surface area contributed by atoms with Crippen LogP contribution in [-0.2, 0) is 0 Å². The molecule has 2 rings (SSSR count). The first-order valence-corrected chi connectivity index (χ1v) is 5.52. The molecule has 1 aromatic carbocycles. The molecule has 0 saturated heterocycles. The van der Waals surface area contributed by atoms with E-state index in [1.165, 1.54) is 0 Å². The second kappa shape index (κ2) is 5.54. The first-order valence-electron chi connectivity index (χ1n) is 5.52. The average Bonchev–Trinajstić information content (AvgIpc) is 2.17. The number of rotatable bonds is 3. The fourth-order valence-corrected chi connectivity index (χ4v) is 2.09. The number of hydrogen-bond donors (Lipinski definition) is 3. The van der Waals surface area contributed by atoms with Crippen LogP contribution in [0.25, 0.3) is 0 Å². The molecule has 1 atom stereocenters. The molecular formula is C12H15ClFNO3. The molecule has 1 aliphatic carbocycles. The van der Waals surface area contributed by atoms with Gasteiger partial charge in [0.2, 0.25) is 0 Å². The lowest BCUT2D eigenvalue weighted by Crippen LogP contribution is -2.27. The third-order valence-electron chi connectivity index (χ3n) is 3.35. The van der Waals surface area contributed by atoms with Crippen molar-refractivity contribution in [3.63, 3.8) is 0 Å². The topological polar surface area (TPSA) is 83.6 Å². The lowest BCUT2D eigenvalue weighted by Gasteiger charge is -2.31. The molecule has 0 aliphatic heterocycles. The number of carboxylic acid groups (broad SMARTS) is 1. The second-order valence-electron chi connectivity index (χ2n) is 4.41. The molecule has 6 heteroatoms. The van der Waals surface area contributed by atoms with Crippen molar-refractivity contribution in [1.29, 1.82) is 0 Å². The van der Waals surface area contributed by atoms with E-state index in [4.69, 9.17) is 10.8 Å². The standard InChI is InChI=1S/C12H14FNO3.ClH/c13-7-4-8(10(14)6-2-1-3-6)11(15)9(5-7)12(16)17;/h4-6,10,15H,1-3,14H2,(H,16,17);1H/t10-;/m1./s1. The van der Waals surface area contributed by atoms with Crippen LogP contribution in [0.5, 0.6) is 5.75 Å². The van der Waals surface area contributed by atoms with E-state index in [0.29, 0.717) is 0 Å². The smallest absolute Gasteiger partial charge is 0.339 e. The van der Waals surface area contributed by atoms with E-state index >= 15 is 0 Å². The fraction of sp³-hybridized carbons (Fsp3) is 0.417. The summed E-state index contributed by atoms with van der Waals surface area (Å²) in [5.41, 5.74) is 5.67. The number of hydrogen-bond acceptors (Lipinski definition) is 3. The number of carboxylic acids is 1. The van der Waals surface area contributed by atoms with Gasteiger partial charge in [0.25, 0.3) is 0 Å². The van der Waals surface area contributed by atoms with Crippen LogP contribution in [0.3, 0.4) is 0 Å². The zero-order valence-electron chi connectivity index (χ0n) is 9.60. The van der Waals surface area contributed by atoms with E-state index in [9.17, 15) is 14.3 Å². The molecule has 100 valence electrons. The SMILES string of the molecule is Cl.N[C@@H](c1cc(F)cc(C(=O)O)c1O)C1CCC1. The minimum atomic E-state index is -1.36. The first kappa shape index (κ1) is 14.7. The Kier molecular flexibility index (Phi) is 4.53. The van der Waals surface area contributed by atoms with E-state index in [2.05, 4.69) is 0 Å². The molecule has 1 saturated carbocycles. The molecule has 18 heavy (non-hydrogen) atoms. The van der Waals surface area contributed by atoms with Crippen molar-refractivity contribution < 1.29 is 19.4 Å². The van der Waals surface area contributed by atoms with Crippen LogP contribution >= 0.6 is 12.4 Å². The van der Waals surface area contributed by atoms with Gasteiger partial charge in [0.1, 0.15) is 17.1 Å². The van der Waals surface area contributed by atoms with E-state index in [1.54, 1.807) is 0 Å². The summed E-state index contributed by atoms with van der Waals surface area (Å²) in [4.78, 5) is 10.8. The van der Waals surface area contributed by atoms with Crippen LogP contribution in [0.15, 0.2) is 12.1 Å². The maximum atomic E-state index is 13.3. The van der Waals surface area contributed by atoms with Gasteiger partial charge in [0.15, 0.2) is 0 Å². The van der Waals surface area contributed by atoms with Crippen LogP contribution in [0.4, 0.5) is 4.39 Å². The molecule has 0 amide bonds. The highest BCUT2D eigenvalue weighted by molar-refractivity contribution is 5.91. The lowest BCUT2D eigenvalue weighted by molar-refractivity contribution is 0.0692. The number of nitrogens with two attached hydrogens (primary N) is 1. The van der Waals surface area contributed by atoms with Gasteiger partial charge in [-0.3, -0.25) is 0 Å². The molecule has 4 N–H and O–H groups in total. The summed E-state index contributed by atoms with van der Waals surface area (Å²) in [5, 5.41) is 18.6. The van der Waals surface area contributed by atoms with Crippen LogP contribution in [0.2, 0.25) is 0 Å². The van der Waals surface area contributed by atoms with Crippen LogP contribution in [-0.4, -0.2) is 16.2 Å². The molecule has 4 nitrogen and oxygen atoms in total. The van der Waals surface area contributed by atoms with E-state index in [0.717, 1.165) is 31.4 Å². The highest BCUT2D eigenvalue weighted by Gasteiger charge is 2.29. The third-order valence-corrected chi connectivity index (χ3v) is 3.35.